The van der Waals surface area contributed by atoms with Gasteiger partial charge < -0.3 is 10.6 Å². The second-order valence-corrected chi connectivity index (χ2v) is 10.2. The van der Waals surface area contributed by atoms with E-state index in [4.69, 9.17) is 11.6 Å². The molecule has 0 aromatic heterocycles. The van der Waals surface area contributed by atoms with E-state index in [1.807, 2.05) is 6.92 Å². The fraction of sp³-hybridized carbons (Fsp3) is 0.391. The maximum Gasteiger partial charge on any atom is 0.253 e. The van der Waals surface area contributed by atoms with Crippen LogP contribution in [0.2, 0.25) is 5.02 Å². The Morgan fingerprint density at radius 1 is 1.06 bits per heavy atom. The lowest BCUT2D eigenvalue weighted by molar-refractivity contribution is -0.120. The third-order valence-corrected chi connectivity index (χ3v) is 7.69. The third kappa shape index (κ3) is 5.88. The number of para-hydroxylation sites is 1. The van der Waals surface area contributed by atoms with Gasteiger partial charge in [0.15, 0.2) is 0 Å². The molecule has 0 spiro atoms. The zero-order valence-corrected chi connectivity index (χ0v) is 19.6. The number of piperidine rings is 1. The number of benzene rings is 2. The minimum Gasteiger partial charge on any atom is -0.352 e. The SMILES string of the molecule is CCCCNC(=O)c1ccccc1NC(=O)C1CCN(S(=O)(=O)c2ccc(Cl)cc2)CC1. The van der Waals surface area contributed by atoms with Gasteiger partial charge in [0.1, 0.15) is 0 Å². The van der Waals surface area contributed by atoms with E-state index in [0.29, 0.717) is 35.7 Å². The molecule has 2 amide bonds. The van der Waals surface area contributed by atoms with Gasteiger partial charge in [0.05, 0.1) is 16.1 Å². The molecule has 0 atom stereocenters. The fourth-order valence-corrected chi connectivity index (χ4v) is 5.21. The van der Waals surface area contributed by atoms with Gasteiger partial charge in [0, 0.05) is 30.6 Å². The van der Waals surface area contributed by atoms with Crippen LogP contribution in [0.15, 0.2) is 53.4 Å². The maximum absolute atomic E-state index is 12.8. The first-order valence-electron chi connectivity index (χ1n) is 10.8. The molecule has 0 saturated carbocycles. The summed E-state index contributed by atoms with van der Waals surface area (Å²) < 4.78 is 27.1. The zero-order chi connectivity index (χ0) is 23.1. The molecule has 1 saturated heterocycles. The van der Waals surface area contributed by atoms with Crippen LogP contribution >= 0.6 is 11.6 Å². The summed E-state index contributed by atoms with van der Waals surface area (Å²) in [6.07, 6.45) is 2.68. The zero-order valence-electron chi connectivity index (χ0n) is 18.0. The van der Waals surface area contributed by atoms with Gasteiger partial charge in [-0.05, 0) is 55.7 Å². The second kappa shape index (κ2) is 10.9. The molecular weight excluding hydrogens is 450 g/mol. The van der Waals surface area contributed by atoms with Crippen LogP contribution in [0.5, 0.6) is 0 Å². The minimum atomic E-state index is -3.63. The van der Waals surface area contributed by atoms with Crippen LogP contribution in [-0.2, 0) is 14.8 Å². The van der Waals surface area contributed by atoms with Crippen molar-refractivity contribution in [3.05, 3.63) is 59.1 Å². The Bertz CT molecular complexity index is 1050. The number of halogens is 1. The van der Waals surface area contributed by atoms with Crippen LogP contribution in [-0.4, -0.2) is 44.2 Å². The molecular formula is C23H28ClN3O4S. The number of amides is 2. The van der Waals surface area contributed by atoms with Crippen LogP contribution in [0.25, 0.3) is 0 Å². The molecule has 2 aromatic rings. The van der Waals surface area contributed by atoms with Gasteiger partial charge in [0.25, 0.3) is 5.91 Å². The van der Waals surface area contributed by atoms with Crippen LogP contribution in [0.3, 0.4) is 0 Å². The van der Waals surface area contributed by atoms with Crippen LogP contribution in [0, 0.1) is 5.92 Å². The van der Waals surface area contributed by atoms with Gasteiger partial charge in [-0.2, -0.15) is 4.31 Å². The van der Waals surface area contributed by atoms with Gasteiger partial charge >= 0.3 is 0 Å². The fourth-order valence-electron chi connectivity index (χ4n) is 3.61. The highest BCUT2D eigenvalue weighted by Gasteiger charge is 2.32. The lowest BCUT2D eigenvalue weighted by Gasteiger charge is -2.30. The Hall–Kier alpha value is -2.42. The number of nitrogens with zero attached hydrogens (tertiary/aromatic N) is 1. The number of anilines is 1. The molecule has 3 rings (SSSR count). The molecule has 1 aliphatic heterocycles. The summed E-state index contributed by atoms with van der Waals surface area (Å²) in [5.74, 6) is -0.761. The Balaban J connectivity index is 1.61. The summed E-state index contributed by atoms with van der Waals surface area (Å²) >= 11 is 5.85. The monoisotopic (exact) mass is 477 g/mol. The molecule has 32 heavy (non-hydrogen) atoms. The van der Waals surface area contributed by atoms with E-state index >= 15 is 0 Å². The van der Waals surface area contributed by atoms with Crippen molar-refractivity contribution in [2.45, 2.75) is 37.5 Å². The van der Waals surface area contributed by atoms with Crippen molar-refractivity contribution in [1.82, 2.24) is 9.62 Å². The predicted molar refractivity (Wildman–Crippen MR) is 125 cm³/mol. The summed E-state index contributed by atoms with van der Waals surface area (Å²) in [6.45, 7) is 3.13. The van der Waals surface area contributed by atoms with Crippen molar-refractivity contribution in [3.63, 3.8) is 0 Å². The Labute approximate surface area is 194 Å². The van der Waals surface area contributed by atoms with E-state index in [2.05, 4.69) is 10.6 Å². The molecule has 1 aliphatic rings. The molecule has 0 unspecified atom stereocenters. The van der Waals surface area contributed by atoms with Crippen molar-refractivity contribution in [2.24, 2.45) is 5.92 Å². The number of hydrogen-bond acceptors (Lipinski definition) is 4. The number of unbranched alkanes of at least 4 members (excludes halogenated alkanes) is 1. The quantitative estimate of drug-likeness (QED) is 0.563. The third-order valence-electron chi connectivity index (χ3n) is 5.52. The largest absolute Gasteiger partial charge is 0.352 e. The highest BCUT2D eigenvalue weighted by molar-refractivity contribution is 7.89. The lowest BCUT2D eigenvalue weighted by Crippen LogP contribution is -2.41. The molecule has 7 nitrogen and oxygen atoms in total. The van der Waals surface area contributed by atoms with E-state index in [1.165, 1.54) is 16.4 Å². The standard InChI is InChI=1S/C23H28ClN3O4S/c1-2-3-14-25-23(29)20-6-4-5-7-21(20)26-22(28)17-12-15-27(16-13-17)32(30,31)19-10-8-18(24)9-11-19/h4-11,17H,2-3,12-16H2,1H3,(H,25,29)(H,26,28). The lowest BCUT2D eigenvalue weighted by atomic mass is 9.97. The number of nitrogens with one attached hydrogen (secondary N) is 2. The second-order valence-electron chi connectivity index (χ2n) is 7.78. The number of carbonyl (C=O) groups excluding carboxylic acids is 2. The summed E-state index contributed by atoms with van der Waals surface area (Å²) in [7, 11) is -3.63. The van der Waals surface area contributed by atoms with Gasteiger partial charge in [-0.1, -0.05) is 37.1 Å². The van der Waals surface area contributed by atoms with E-state index in [9.17, 15) is 18.0 Å². The smallest absolute Gasteiger partial charge is 0.253 e. The normalized spacial score (nSPS) is 15.3. The number of hydrogen-bond donors (Lipinski definition) is 2. The molecule has 1 heterocycles. The topological polar surface area (TPSA) is 95.6 Å². The molecule has 9 heteroatoms. The number of carbonyl (C=O) groups is 2. The van der Waals surface area contributed by atoms with Crippen molar-refractivity contribution < 1.29 is 18.0 Å². The average molecular weight is 478 g/mol. The van der Waals surface area contributed by atoms with E-state index in [0.717, 1.165) is 12.8 Å². The van der Waals surface area contributed by atoms with Crippen LogP contribution < -0.4 is 10.6 Å². The number of sulfonamides is 1. The first-order chi connectivity index (χ1) is 15.3. The van der Waals surface area contributed by atoms with Gasteiger partial charge in [-0.25, -0.2) is 8.42 Å². The Morgan fingerprint density at radius 2 is 1.72 bits per heavy atom. The molecule has 2 aromatic carbocycles. The maximum atomic E-state index is 12.8. The van der Waals surface area contributed by atoms with Crippen LogP contribution in [0.1, 0.15) is 43.0 Å². The summed E-state index contributed by atoms with van der Waals surface area (Å²) in [5, 5.41) is 6.19. The summed E-state index contributed by atoms with van der Waals surface area (Å²) in [5.41, 5.74) is 0.877. The Morgan fingerprint density at radius 3 is 2.38 bits per heavy atom. The van der Waals surface area contributed by atoms with Crippen molar-refractivity contribution in [1.29, 1.82) is 0 Å². The van der Waals surface area contributed by atoms with E-state index in [1.54, 1.807) is 36.4 Å². The highest BCUT2D eigenvalue weighted by atomic mass is 35.5. The predicted octanol–water partition coefficient (Wildman–Crippen LogP) is 3.91. The molecule has 0 bridgehead atoms. The van der Waals surface area contributed by atoms with Gasteiger partial charge in [-0.15, -0.1) is 0 Å². The van der Waals surface area contributed by atoms with Gasteiger partial charge in [0.2, 0.25) is 15.9 Å². The van der Waals surface area contributed by atoms with Crippen molar-refractivity contribution in [3.8, 4) is 0 Å². The summed E-state index contributed by atoms with van der Waals surface area (Å²) in [4.78, 5) is 25.5. The number of rotatable bonds is 8. The average Bonchev–Trinajstić information content (AvgIpc) is 2.80. The highest BCUT2D eigenvalue weighted by Crippen LogP contribution is 2.26. The van der Waals surface area contributed by atoms with Crippen molar-refractivity contribution in [2.75, 3.05) is 25.0 Å². The first-order valence-corrected chi connectivity index (χ1v) is 12.6. The van der Waals surface area contributed by atoms with E-state index < -0.39 is 10.0 Å². The molecule has 0 radical (unpaired) electrons. The molecule has 1 fully saturated rings. The molecule has 2 N–H and O–H groups in total. The van der Waals surface area contributed by atoms with Crippen LogP contribution in [0.4, 0.5) is 5.69 Å². The van der Waals surface area contributed by atoms with Crippen molar-refractivity contribution >= 4 is 39.1 Å². The first kappa shape index (κ1) is 24.2. The summed E-state index contributed by atoms with van der Waals surface area (Å²) in [6, 6.07) is 13.0. The van der Waals surface area contributed by atoms with E-state index in [-0.39, 0.29) is 35.7 Å². The van der Waals surface area contributed by atoms with Gasteiger partial charge in [-0.3, -0.25) is 9.59 Å². The Kier molecular flexibility index (Phi) is 8.28. The minimum absolute atomic E-state index is 0.188. The molecule has 172 valence electrons. The molecule has 0 aliphatic carbocycles.